The topological polar surface area (TPSA) is 108 Å². The number of hydrogen-bond donors (Lipinski definition) is 2. The molecular weight excluding hydrogens is 336 g/mol. The van der Waals surface area contributed by atoms with Crippen molar-refractivity contribution in [3.05, 3.63) is 63.7 Å². The summed E-state index contributed by atoms with van der Waals surface area (Å²) in [6.45, 7) is -2.91. The smallest absolute Gasteiger partial charge is 0.387 e. The minimum Gasteiger partial charge on any atom is -0.435 e. The van der Waals surface area contributed by atoms with E-state index in [9.17, 15) is 24.0 Å². The van der Waals surface area contributed by atoms with Crippen LogP contribution in [-0.2, 0) is 0 Å². The molecule has 0 heterocycles. The van der Waals surface area contributed by atoms with E-state index in [0.29, 0.717) is 11.3 Å². The average Bonchev–Trinajstić information content (AvgIpc) is 2.59. The minimum absolute atomic E-state index is 0.0154. The molecule has 2 aromatic carbocycles. The van der Waals surface area contributed by atoms with Crippen molar-refractivity contribution in [2.45, 2.75) is 12.7 Å². The number of hydrogen-bond acceptors (Lipinski definition) is 6. The normalized spacial score (nSPS) is 11.6. The number of alkyl halides is 2. The van der Waals surface area contributed by atoms with Gasteiger partial charge < -0.3 is 15.2 Å². The molecule has 0 aliphatic heterocycles. The molecule has 0 radical (unpaired) electrons. The van der Waals surface area contributed by atoms with E-state index >= 15 is 0 Å². The molecule has 0 aliphatic carbocycles. The van der Waals surface area contributed by atoms with Crippen LogP contribution in [0.15, 0.2) is 42.5 Å². The number of nitrogens with one attached hydrogen (secondary N) is 1. The van der Waals surface area contributed by atoms with E-state index in [0.717, 1.165) is 6.07 Å². The fourth-order valence-electron chi connectivity index (χ4n) is 2.09. The number of nitrogens with zero attached hydrogens (tertiary/aromatic N) is 2. The number of nitriles is 1. The van der Waals surface area contributed by atoms with Crippen LogP contribution in [0, 0.1) is 21.4 Å². The van der Waals surface area contributed by atoms with Gasteiger partial charge >= 0.3 is 6.61 Å². The van der Waals surface area contributed by atoms with E-state index < -0.39 is 17.6 Å². The quantitative estimate of drug-likeness (QED) is 0.587. The molecule has 9 heteroatoms. The van der Waals surface area contributed by atoms with E-state index in [1.54, 1.807) is 0 Å². The Bertz CT molecular complexity index is 791. The zero-order chi connectivity index (χ0) is 18.4. The number of nitro benzene ring substituents is 1. The third kappa shape index (κ3) is 4.86. The number of nitro groups is 1. The molecule has 2 rings (SSSR count). The Balaban J connectivity index is 2.03. The SMILES string of the molecule is N#Cc1cc([N+](=O)[O-])ccc1NC[C@H](O)c1ccc(OC(F)F)cc1. The van der Waals surface area contributed by atoms with E-state index in [-0.39, 0.29) is 23.5 Å². The van der Waals surface area contributed by atoms with Gasteiger partial charge in [0.15, 0.2) is 0 Å². The van der Waals surface area contributed by atoms with Crippen molar-refractivity contribution in [3.8, 4) is 11.8 Å². The number of benzene rings is 2. The van der Waals surface area contributed by atoms with Crippen LogP contribution in [0.5, 0.6) is 5.75 Å². The van der Waals surface area contributed by atoms with E-state index in [2.05, 4.69) is 10.1 Å². The highest BCUT2D eigenvalue weighted by Gasteiger charge is 2.13. The first-order chi connectivity index (χ1) is 11.9. The maximum absolute atomic E-state index is 12.1. The Morgan fingerprint density at radius 3 is 2.52 bits per heavy atom. The fourth-order valence-corrected chi connectivity index (χ4v) is 2.09. The molecule has 0 amide bonds. The lowest BCUT2D eigenvalue weighted by Gasteiger charge is -2.14. The molecule has 2 N–H and O–H groups in total. The number of halogens is 2. The van der Waals surface area contributed by atoms with Crippen molar-refractivity contribution in [2.24, 2.45) is 0 Å². The monoisotopic (exact) mass is 349 g/mol. The lowest BCUT2D eigenvalue weighted by Crippen LogP contribution is -2.13. The van der Waals surface area contributed by atoms with Gasteiger partial charge in [0.1, 0.15) is 11.8 Å². The molecule has 0 spiro atoms. The summed E-state index contributed by atoms with van der Waals surface area (Å²) in [7, 11) is 0. The second-order valence-corrected chi connectivity index (χ2v) is 4.94. The highest BCUT2D eigenvalue weighted by atomic mass is 19.3. The van der Waals surface area contributed by atoms with Crippen LogP contribution in [0.1, 0.15) is 17.2 Å². The molecule has 0 saturated heterocycles. The van der Waals surface area contributed by atoms with Crippen molar-refractivity contribution >= 4 is 11.4 Å². The Morgan fingerprint density at radius 1 is 1.28 bits per heavy atom. The van der Waals surface area contributed by atoms with Crippen molar-refractivity contribution in [3.63, 3.8) is 0 Å². The standard InChI is InChI=1S/C16H13F2N3O4/c17-16(18)25-13-4-1-10(2-5-13)15(22)9-20-14-6-3-12(21(23)24)7-11(14)8-19/h1-7,15-16,20,22H,9H2/t15-/m0/s1. The Morgan fingerprint density at radius 2 is 1.96 bits per heavy atom. The van der Waals surface area contributed by atoms with Crippen LogP contribution in [-0.4, -0.2) is 23.2 Å². The van der Waals surface area contributed by atoms with Gasteiger partial charge in [-0.2, -0.15) is 14.0 Å². The number of non-ortho nitro benzene ring substituents is 1. The summed E-state index contributed by atoms with van der Waals surface area (Å²) in [4.78, 5) is 10.1. The summed E-state index contributed by atoms with van der Waals surface area (Å²) in [5.74, 6) is -0.0268. The van der Waals surface area contributed by atoms with Crippen LogP contribution in [0.3, 0.4) is 0 Å². The predicted molar refractivity (Wildman–Crippen MR) is 84.3 cm³/mol. The first-order valence-electron chi connectivity index (χ1n) is 7.06. The summed E-state index contributed by atoms with van der Waals surface area (Å²) in [6.07, 6.45) is -0.984. The number of rotatable bonds is 7. The zero-order valence-corrected chi connectivity index (χ0v) is 12.7. The Kier molecular flexibility index (Phi) is 5.81. The van der Waals surface area contributed by atoms with Crippen LogP contribution in [0.4, 0.5) is 20.2 Å². The maximum Gasteiger partial charge on any atom is 0.387 e. The summed E-state index contributed by atoms with van der Waals surface area (Å²) < 4.78 is 28.4. The molecule has 130 valence electrons. The van der Waals surface area contributed by atoms with Gasteiger partial charge in [-0.05, 0) is 23.8 Å². The van der Waals surface area contributed by atoms with Crippen molar-refractivity contribution in [1.29, 1.82) is 5.26 Å². The van der Waals surface area contributed by atoms with Crippen molar-refractivity contribution in [1.82, 2.24) is 0 Å². The lowest BCUT2D eigenvalue weighted by atomic mass is 10.1. The lowest BCUT2D eigenvalue weighted by molar-refractivity contribution is -0.384. The Hall–Kier alpha value is -3.25. The molecule has 0 unspecified atom stereocenters. The second-order valence-electron chi connectivity index (χ2n) is 4.94. The van der Waals surface area contributed by atoms with Crippen molar-refractivity contribution in [2.75, 3.05) is 11.9 Å². The number of ether oxygens (including phenoxy) is 1. The maximum atomic E-state index is 12.1. The average molecular weight is 349 g/mol. The van der Waals surface area contributed by atoms with Gasteiger partial charge in [0.25, 0.3) is 5.69 Å². The zero-order valence-electron chi connectivity index (χ0n) is 12.7. The number of anilines is 1. The highest BCUT2D eigenvalue weighted by molar-refractivity contribution is 5.61. The van der Waals surface area contributed by atoms with Crippen LogP contribution >= 0.6 is 0 Å². The molecule has 0 aliphatic rings. The molecule has 25 heavy (non-hydrogen) atoms. The molecule has 0 bridgehead atoms. The van der Waals surface area contributed by atoms with E-state index in [4.69, 9.17) is 5.26 Å². The molecule has 2 aromatic rings. The van der Waals surface area contributed by atoms with Gasteiger partial charge in [0, 0.05) is 18.7 Å². The van der Waals surface area contributed by atoms with E-state index in [1.807, 2.05) is 6.07 Å². The van der Waals surface area contributed by atoms with Gasteiger partial charge in [0.2, 0.25) is 0 Å². The first-order valence-corrected chi connectivity index (χ1v) is 7.06. The van der Waals surface area contributed by atoms with Gasteiger partial charge in [-0.3, -0.25) is 10.1 Å². The van der Waals surface area contributed by atoms with E-state index in [1.165, 1.54) is 36.4 Å². The Labute approximate surface area is 141 Å². The van der Waals surface area contributed by atoms with Gasteiger partial charge in [0.05, 0.1) is 22.3 Å². The summed E-state index contributed by atoms with van der Waals surface area (Å²) in [5.41, 5.74) is 0.652. The summed E-state index contributed by atoms with van der Waals surface area (Å²) in [5, 5.41) is 32.7. The molecule has 0 aromatic heterocycles. The van der Waals surface area contributed by atoms with Crippen LogP contribution in [0.2, 0.25) is 0 Å². The molecule has 0 fully saturated rings. The number of aliphatic hydroxyl groups excluding tert-OH is 1. The molecule has 0 saturated carbocycles. The third-order valence-electron chi connectivity index (χ3n) is 3.31. The number of aliphatic hydroxyl groups is 1. The highest BCUT2D eigenvalue weighted by Crippen LogP contribution is 2.23. The summed E-state index contributed by atoms with van der Waals surface area (Å²) in [6, 6.07) is 11.1. The largest absolute Gasteiger partial charge is 0.435 e. The minimum atomic E-state index is -2.93. The molecular formula is C16H13F2N3O4. The fraction of sp³-hybridized carbons (Fsp3) is 0.188. The van der Waals surface area contributed by atoms with Crippen LogP contribution < -0.4 is 10.1 Å². The van der Waals surface area contributed by atoms with Gasteiger partial charge in [-0.15, -0.1) is 0 Å². The second kappa shape index (κ2) is 8.03. The van der Waals surface area contributed by atoms with Crippen molar-refractivity contribution < 1.29 is 23.5 Å². The summed E-state index contributed by atoms with van der Waals surface area (Å²) >= 11 is 0. The molecule has 7 nitrogen and oxygen atoms in total. The van der Waals surface area contributed by atoms with Gasteiger partial charge in [-0.1, -0.05) is 12.1 Å². The third-order valence-corrected chi connectivity index (χ3v) is 3.31. The first kappa shape index (κ1) is 18.1. The predicted octanol–water partition coefficient (Wildman–Crippen LogP) is 3.21. The van der Waals surface area contributed by atoms with Crippen LogP contribution in [0.25, 0.3) is 0 Å². The van der Waals surface area contributed by atoms with Gasteiger partial charge in [-0.25, -0.2) is 0 Å². The molecule has 1 atom stereocenters.